The van der Waals surface area contributed by atoms with E-state index >= 15 is 0 Å². The number of rotatable bonds is 1. The van der Waals surface area contributed by atoms with Crippen molar-refractivity contribution >= 4 is 5.91 Å². The second kappa shape index (κ2) is 3.82. The van der Waals surface area contributed by atoms with E-state index in [1.54, 1.807) is 0 Å². The smallest absolute Gasteiger partial charge is 0.223 e. The van der Waals surface area contributed by atoms with Gasteiger partial charge >= 0.3 is 0 Å². The Bertz CT molecular complexity index is 320. The van der Waals surface area contributed by atoms with E-state index in [2.05, 4.69) is 17.4 Å². The molecule has 0 saturated carbocycles. The first kappa shape index (κ1) is 9.25. The summed E-state index contributed by atoms with van der Waals surface area (Å²) in [6, 6.07) is 10.3. The van der Waals surface area contributed by atoms with Crippen molar-refractivity contribution in [3.8, 4) is 0 Å². The van der Waals surface area contributed by atoms with E-state index in [1.165, 1.54) is 5.56 Å². The Morgan fingerprint density at radius 2 is 2.00 bits per heavy atom. The van der Waals surface area contributed by atoms with E-state index in [0.717, 1.165) is 13.0 Å². The molecule has 0 bridgehead atoms. The number of hydrogen-bond donors (Lipinski definition) is 1. The molecule has 0 spiro atoms. The van der Waals surface area contributed by atoms with E-state index in [0.29, 0.717) is 5.92 Å². The van der Waals surface area contributed by atoms with Crippen molar-refractivity contribution < 1.29 is 4.79 Å². The highest BCUT2D eigenvalue weighted by Gasteiger charge is 2.28. The highest BCUT2D eigenvalue weighted by molar-refractivity contribution is 5.80. The van der Waals surface area contributed by atoms with Crippen molar-refractivity contribution in [1.82, 2.24) is 5.32 Å². The largest absolute Gasteiger partial charge is 0.356 e. The van der Waals surface area contributed by atoms with Gasteiger partial charge in [-0.25, -0.2) is 0 Å². The van der Waals surface area contributed by atoms with Gasteiger partial charge in [-0.1, -0.05) is 37.3 Å². The zero-order valence-electron chi connectivity index (χ0n) is 8.36. The predicted molar refractivity (Wildman–Crippen MR) is 56.0 cm³/mol. The summed E-state index contributed by atoms with van der Waals surface area (Å²) in [5, 5.41) is 2.89. The lowest BCUT2D eigenvalue weighted by atomic mass is 9.82. The first-order valence-corrected chi connectivity index (χ1v) is 5.11. The molecule has 1 N–H and O–H groups in total. The van der Waals surface area contributed by atoms with Gasteiger partial charge in [0.05, 0.1) is 0 Å². The van der Waals surface area contributed by atoms with Crippen LogP contribution in [-0.4, -0.2) is 12.5 Å². The Morgan fingerprint density at radius 1 is 1.29 bits per heavy atom. The van der Waals surface area contributed by atoms with Crippen LogP contribution in [0.2, 0.25) is 0 Å². The minimum atomic E-state index is 0.103. The van der Waals surface area contributed by atoms with Gasteiger partial charge in [0.2, 0.25) is 5.91 Å². The molecule has 0 aromatic heterocycles. The van der Waals surface area contributed by atoms with Gasteiger partial charge in [-0.2, -0.15) is 0 Å². The van der Waals surface area contributed by atoms with Gasteiger partial charge in [0, 0.05) is 12.5 Å². The van der Waals surface area contributed by atoms with Crippen LogP contribution in [0.4, 0.5) is 0 Å². The Hall–Kier alpha value is -1.31. The SMILES string of the molecule is C[C@@H]1C(=O)NCC[C@H]1c1ccccc1. The van der Waals surface area contributed by atoms with Crippen LogP contribution < -0.4 is 5.32 Å². The summed E-state index contributed by atoms with van der Waals surface area (Å²) < 4.78 is 0. The van der Waals surface area contributed by atoms with Crippen molar-refractivity contribution in [2.24, 2.45) is 5.92 Å². The molecule has 74 valence electrons. The van der Waals surface area contributed by atoms with Crippen LogP contribution in [-0.2, 0) is 4.79 Å². The fourth-order valence-corrected chi connectivity index (χ4v) is 2.10. The topological polar surface area (TPSA) is 29.1 Å². The Balaban J connectivity index is 2.22. The van der Waals surface area contributed by atoms with E-state index in [-0.39, 0.29) is 11.8 Å². The molecule has 14 heavy (non-hydrogen) atoms. The molecule has 1 fully saturated rings. The average Bonchev–Trinajstić information content (AvgIpc) is 2.23. The number of carbonyl (C=O) groups is 1. The third kappa shape index (κ3) is 1.65. The van der Waals surface area contributed by atoms with Crippen LogP contribution in [0.15, 0.2) is 30.3 Å². The Morgan fingerprint density at radius 3 is 2.71 bits per heavy atom. The third-order valence-electron chi connectivity index (χ3n) is 3.00. The van der Waals surface area contributed by atoms with E-state index in [1.807, 2.05) is 25.1 Å². The van der Waals surface area contributed by atoms with Gasteiger partial charge in [0.1, 0.15) is 0 Å². The number of carbonyl (C=O) groups excluding carboxylic acids is 1. The summed E-state index contributed by atoms with van der Waals surface area (Å²) in [7, 11) is 0. The standard InChI is InChI=1S/C12H15NO/c1-9-11(7-8-13-12(9)14)10-5-3-2-4-6-10/h2-6,9,11H,7-8H2,1H3,(H,13,14)/t9-,11+/m0/s1. The monoisotopic (exact) mass is 189 g/mol. The molecule has 2 nitrogen and oxygen atoms in total. The van der Waals surface area contributed by atoms with Gasteiger partial charge in [0.15, 0.2) is 0 Å². The maximum Gasteiger partial charge on any atom is 0.223 e. The minimum Gasteiger partial charge on any atom is -0.356 e. The Labute approximate surface area is 84.3 Å². The molecule has 0 unspecified atom stereocenters. The lowest BCUT2D eigenvalue weighted by molar-refractivity contribution is -0.126. The fraction of sp³-hybridized carbons (Fsp3) is 0.417. The molecule has 2 heteroatoms. The molecular formula is C12H15NO. The van der Waals surface area contributed by atoms with Gasteiger partial charge in [-0.05, 0) is 17.9 Å². The van der Waals surface area contributed by atoms with Gasteiger partial charge in [0.25, 0.3) is 0 Å². The molecule has 1 aliphatic heterocycles. The summed E-state index contributed by atoms with van der Waals surface area (Å²) in [6.45, 7) is 2.81. The summed E-state index contributed by atoms with van der Waals surface area (Å²) in [5.74, 6) is 0.682. The number of nitrogens with one attached hydrogen (secondary N) is 1. The molecule has 1 aromatic carbocycles. The summed E-state index contributed by atoms with van der Waals surface area (Å²) in [4.78, 5) is 11.5. The molecule has 2 atom stereocenters. The van der Waals surface area contributed by atoms with Crippen molar-refractivity contribution in [3.05, 3.63) is 35.9 Å². The second-order valence-electron chi connectivity index (χ2n) is 3.89. The second-order valence-corrected chi connectivity index (χ2v) is 3.89. The van der Waals surface area contributed by atoms with Crippen LogP contribution in [0.1, 0.15) is 24.8 Å². The highest BCUT2D eigenvalue weighted by Crippen LogP contribution is 2.30. The predicted octanol–water partition coefficient (Wildman–Crippen LogP) is 1.93. The fourth-order valence-electron chi connectivity index (χ4n) is 2.10. The quantitative estimate of drug-likeness (QED) is 0.718. The van der Waals surface area contributed by atoms with Crippen LogP contribution >= 0.6 is 0 Å². The van der Waals surface area contributed by atoms with E-state index in [4.69, 9.17) is 0 Å². The van der Waals surface area contributed by atoms with Crippen LogP contribution in [0, 0.1) is 5.92 Å². The molecule has 1 amide bonds. The van der Waals surface area contributed by atoms with Crippen molar-refractivity contribution in [2.45, 2.75) is 19.3 Å². The molecule has 1 heterocycles. The molecular weight excluding hydrogens is 174 g/mol. The van der Waals surface area contributed by atoms with E-state index in [9.17, 15) is 4.79 Å². The number of hydrogen-bond acceptors (Lipinski definition) is 1. The summed E-state index contributed by atoms with van der Waals surface area (Å²) >= 11 is 0. The van der Waals surface area contributed by atoms with Crippen molar-refractivity contribution in [3.63, 3.8) is 0 Å². The van der Waals surface area contributed by atoms with Gasteiger partial charge in [-0.3, -0.25) is 4.79 Å². The zero-order chi connectivity index (χ0) is 9.97. The lowest BCUT2D eigenvalue weighted by Gasteiger charge is -2.28. The molecule has 1 aliphatic rings. The number of benzene rings is 1. The molecule has 2 rings (SSSR count). The average molecular weight is 189 g/mol. The number of amides is 1. The first-order chi connectivity index (χ1) is 6.79. The highest BCUT2D eigenvalue weighted by atomic mass is 16.1. The molecule has 1 aromatic rings. The molecule has 1 saturated heterocycles. The lowest BCUT2D eigenvalue weighted by Crippen LogP contribution is -2.39. The first-order valence-electron chi connectivity index (χ1n) is 5.11. The van der Waals surface area contributed by atoms with Crippen LogP contribution in [0.5, 0.6) is 0 Å². The molecule has 0 radical (unpaired) electrons. The summed E-state index contributed by atoms with van der Waals surface area (Å²) in [6.07, 6.45) is 1.05. The minimum absolute atomic E-state index is 0.103. The molecule has 0 aliphatic carbocycles. The zero-order valence-corrected chi connectivity index (χ0v) is 8.36. The van der Waals surface area contributed by atoms with Crippen LogP contribution in [0.25, 0.3) is 0 Å². The summed E-state index contributed by atoms with van der Waals surface area (Å²) in [5.41, 5.74) is 1.29. The number of piperidine rings is 1. The van der Waals surface area contributed by atoms with Gasteiger partial charge in [-0.15, -0.1) is 0 Å². The maximum atomic E-state index is 11.5. The van der Waals surface area contributed by atoms with Gasteiger partial charge < -0.3 is 5.32 Å². The van der Waals surface area contributed by atoms with Crippen LogP contribution in [0.3, 0.4) is 0 Å². The van der Waals surface area contributed by atoms with Crippen molar-refractivity contribution in [2.75, 3.05) is 6.54 Å². The maximum absolute atomic E-state index is 11.5. The normalized spacial score (nSPS) is 27.1. The van der Waals surface area contributed by atoms with Crippen molar-refractivity contribution in [1.29, 1.82) is 0 Å². The Kier molecular flexibility index (Phi) is 2.53. The van der Waals surface area contributed by atoms with E-state index < -0.39 is 0 Å². The third-order valence-corrected chi connectivity index (χ3v) is 3.00.